The summed E-state index contributed by atoms with van der Waals surface area (Å²) in [5, 5.41) is 0. The van der Waals surface area contributed by atoms with Crippen molar-refractivity contribution in [2.24, 2.45) is 5.73 Å². The second kappa shape index (κ2) is 7.73. The zero-order valence-electron chi connectivity index (χ0n) is 14.1. The molecule has 0 radical (unpaired) electrons. The Morgan fingerprint density at radius 3 is 2.52 bits per heavy atom. The highest BCUT2D eigenvalue weighted by atomic mass is 16.5. The van der Waals surface area contributed by atoms with Gasteiger partial charge < -0.3 is 10.5 Å². The van der Waals surface area contributed by atoms with E-state index < -0.39 is 0 Å². The molecule has 0 atom stereocenters. The largest absolute Gasteiger partial charge is 0.487 e. The summed E-state index contributed by atoms with van der Waals surface area (Å²) < 4.78 is 5.97. The van der Waals surface area contributed by atoms with Gasteiger partial charge in [0.15, 0.2) is 5.78 Å². The second-order valence-corrected chi connectivity index (χ2v) is 5.78. The first-order valence-electron chi connectivity index (χ1n) is 8.14. The van der Waals surface area contributed by atoms with Crippen molar-refractivity contribution in [3.8, 4) is 16.9 Å². The lowest BCUT2D eigenvalue weighted by molar-refractivity contribution is 0.101. The summed E-state index contributed by atoms with van der Waals surface area (Å²) in [6, 6.07) is 19.2. The minimum absolute atomic E-state index is 0.0242. The van der Waals surface area contributed by atoms with Gasteiger partial charge in [-0.3, -0.25) is 9.78 Å². The van der Waals surface area contributed by atoms with E-state index >= 15 is 0 Å². The highest BCUT2D eigenvalue weighted by Crippen LogP contribution is 2.32. The summed E-state index contributed by atoms with van der Waals surface area (Å²) in [5.41, 5.74) is 10.1. The number of aromatic nitrogens is 1. The summed E-state index contributed by atoms with van der Waals surface area (Å²) in [7, 11) is 0. The molecule has 0 aliphatic heterocycles. The molecular weight excluding hydrogens is 312 g/mol. The molecular formula is C21H20N2O2. The van der Waals surface area contributed by atoms with Crippen molar-refractivity contribution in [3.05, 3.63) is 83.7 Å². The predicted octanol–water partition coefficient (Wildman–Crippen LogP) is 3.99. The molecule has 4 heteroatoms. The van der Waals surface area contributed by atoms with Gasteiger partial charge in [0.1, 0.15) is 12.4 Å². The van der Waals surface area contributed by atoms with Crippen LogP contribution >= 0.6 is 0 Å². The quantitative estimate of drug-likeness (QED) is 0.693. The van der Waals surface area contributed by atoms with E-state index in [-0.39, 0.29) is 5.78 Å². The Balaban J connectivity index is 1.94. The minimum Gasteiger partial charge on any atom is -0.487 e. The lowest BCUT2D eigenvalue weighted by Crippen LogP contribution is -2.01. The van der Waals surface area contributed by atoms with Gasteiger partial charge in [-0.15, -0.1) is 0 Å². The van der Waals surface area contributed by atoms with E-state index in [2.05, 4.69) is 4.98 Å². The third-order valence-electron chi connectivity index (χ3n) is 3.99. The van der Waals surface area contributed by atoms with Crippen molar-refractivity contribution < 1.29 is 9.53 Å². The van der Waals surface area contributed by atoms with Crippen LogP contribution in [0.4, 0.5) is 0 Å². The van der Waals surface area contributed by atoms with Crippen molar-refractivity contribution in [2.45, 2.75) is 20.1 Å². The fourth-order valence-electron chi connectivity index (χ4n) is 2.56. The highest BCUT2D eigenvalue weighted by molar-refractivity contribution is 5.96. The number of ether oxygens (including phenoxy) is 1. The molecule has 0 aliphatic rings. The van der Waals surface area contributed by atoms with Crippen LogP contribution < -0.4 is 10.5 Å². The van der Waals surface area contributed by atoms with Crippen LogP contribution in [0.2, 0.25) is 0 Å². The molecule has 0 unspecified atom stereocenters. The van der Waals surface area contributed by atoms with Gasteiger partial charge in [-0.2, -0.15) is 0 Å². The van der Waals surface area contributed by atoms with Gasteiger partial charge in [-0.1, -0.05) is 30.3 Å². The average molecular weight is 332 g/mol. The number of Topliss-reactive ketones (excluding diaryl/α,β-unsaturated/α-hetero) is 1. The topological polar surface area (TPSA) is 65.2 Å². The number of hydrogen-bond donors (Lipinski definition) is 1. The number of nitrogens with zero attached hydrogens (tertiary/aromatic N) is 1. The summed E-state index contributed by atoms with van der Waals surface area (Å²) in [6.45, 7) is 2.43. The van der Waals surface area contributed by atoms with Crippen LogP contribution in [-0.4, -0.2) is 10.8 Å². The van der Waals surface area contributed by atoms with Crippen LogP contribution in [0.3, 0.4) is 0 Å². The van der Waals surface area contributed by atoms with Crippen LogP contribution in [0.15, 0.2) is 66.9 Å². The number of carbonyl (C=O) groups is 1. The number of rotatable bonds is 6. The summed E-state index contributed by atoms with van der Waals surface area (Å²) in [6.07, 6.45) is 1.74. The molecule has 1 heterocycles. The van der Waals surface area contributed by atoms with Gasteiger partial charge in [-0.05, 0) is 48.4 Å². The number of benzene rings is 2. The van der Waals surface area contributed by atoms with E-state index in [1.54, 1.807) is 19.2 Å². The molecule has 0 aliphatic carbocycles. The molecule has 0 spiro atoms. The third kappa shape index (κ3) is 4.11. The standard InChI is InChI=1S/C21H20N2O2/c1-15(24)18-9-10-21(25-14-19-4-2-3-11-23-19)20(12-18)17-7-5-16(13-22)6-8-17/h2-12H,13-14,22H2,1H3. The van der Waals surface area contributed by atoms with E-state index in [0.29, 0.717) is 18.7 Å². The van der Waals surface area contributed by atoms with E-state index in [1.807, 2.05) is 54.6 Å². The molecule has 0 saturated heterocycles. The number of pyridine rings is 1. The first kappa shape index (κ1) is 16.9. The molecule has 126 valence electrons. The number of carbonyl (C=O) groups excluding carboxylic acids is 1. The van der Waals surface area contributed by atoms with Crippen LogP contribution in [0, 0.1) is 0 Å². The predicted molar refractivity (Wildman–Crippen MR) is 98.3 cm³/mol. The van der Waals surface area contributed by atoms with Crippen molar-refractivity contribution in [2.75, 3.05) is 0 Å². The van der Waals surface area contributed by atoms with Gasteiger partial charge in [0.05, 0.1) is 5.69 Å². The fourth-order valence-corrected chi connectivity index (χ4v) is 2.56. The molecule has 1 aromatic heterocycles. The van der Waals surface area contributed by atoms with Crippen molar-refractivity contribution in [1.82, 2.24) is 4.98 Å². The lowest BCUT2D eigenvalue weighted by Gasteiger charge is -2.13. The second-order valence-electron chi connectivity index (χ2n) is 5.78. The maximum absolute atomic E-state index is 11.8. The van der Waals surface area contributed by atoms with E-state index in [0.717, 1.165) is 28.1 Å². The lowest BCUT2D eigenvalue weighted by atomic mass is 9.99. The first-order chi connectivity index (χ1) is 12.2. The van der Waals surface area contributed by atoms with E-state index in [9.17, 15) is 4.79 Å². The minimum atomic E-state index is 0.0242. The molecule has 25 heavy (non-hydrogen) atoms. The molecule has 0 amide bonds. The molecule has 3 rings (SSSR count). The van der Waals surface area contributed by atoms with Crippen molar-refractivity contribution >= 4 is 5.78 Å². The monoisotopic (exact) mass is 332 g/mol. The van der Waals surface area contributed by atoms with Crippen LogP contribution in [0.5, 0.6) is 5.75 Å². The van der Waals surface area contributed by atoms with Crippen molar-refractivity contribution in [3.63, 3.8) is 0 Å². The Labute approximate surface area is 147 Å². The SMILES string of the molecule is CC(=O)c1ccc(OCc2ccccn2)c(-c2ccc(CN)cc2)c1. The maximum Gasteiger partial charge on any atom is 0.159 e. The Hall–Kier alpha value is -2.98. The highest BCUT2D eigenvalue weighted by Gasteiger charge is 2.11. The molecule has 2 N–H and O–H groups in total. The van der Waals surface area contributed by atoms with Crippen molar-refractivity contribution in [1.29, 1.82) is 0 Å². The zero-order chi connectivity index (χ0) is 17.6. The molecule has 3 aromatic rings. The number of hydrogen-bond acceptors (Lipinski definition) is 4. The van der Waals surface area contributed by atoms with E-state index in [4.69, 9.17) is 10.5 Å². The van der Waals surface area contributed by atoms with E-state index in [1.165, 1.54) is 0 Å². The average Bonchev–Trinajstić information content (AvgIpc) is 2.67. The van der Waals surface area contributed by atoms with Gasteiger partial charge in [-0.25, -0.2) is 0 Å². The first-order valence-corrected chi connectivity index (χ1v) is 8.14. The van der Waals surface area contributed by atoms with Crippen LogP contribution in [-0.2, 0) is 13.2 Å². The molecule has 2 aromatic carbocycles. The zero-order valence-corrected chi connectivity index (χ0v) is 14.1. The number of ketones is 1. The normalized spacial score (nSPS) is 10.5. The third-order valence-corrected chi connectivity index (χ3v) is 3.99. The molecule has 0 fully saturated rings. The fraction of sp³-hybridized carbons (Fsp3) is 0.143. The summed E-state index contributed by atoms with van der Waals surface area (Å²) >= 11 is 0. The Kier molecular flexibility index (Phi) is 5.21. The molecule has 4 nitrogen and oxygen atoms in total. The van der Waals surface area contributed by atoms with Gasteiger partial charge in [0, 0.05) is 23.9 Å². The van der Waals surface area contributed by atoms with Crippen LogP contribution in [0.25, 0.3) is 11.1 Å². The Bertz CT molecular complexity index is 859. The number of nitrogens with two attached hydrogens (primary N) is 1. The Morgan fingerprint density at radius 2 is 1.88 bits per heavy atom. The van der Waals surface area contributed by atoms with Gasteiger partial charge in [0.25, 0.3) is 0 Å². The molecule has 0 bridgehead atoms. The van der Waals surface area contributed by atoms with Gasteiger partial charge in [0.2, 0.25) is 0 Å². The smallest absolute Gasteiger partial charge is 0.159 e. The summed E-state index contributed by atoms with van der Waals surface area (Å²) in [4.78, 5) is 16.0. The maximum atomic E-state index is 11.8. The van der Waals surface area contributed by atoms with Gasteiger partial charge >= 0.3 is 0 Å². The summed E-state index contributed by atoms with van der Waals surface area (Å²) in [5.74, 6) is 0.743. The molecule has 0 saturated carbocycles. The Morgan fingerprint density at radius 1 is 1.08 bits per heavy atom. The van der Waals surface area contributed by atoms with Crippen LogP contribution in [0.1, 0.15) is 28.5 Å².